The summed E-state index contributed by atoms with van der Waals surface area (Å²) in [5.74, 6) is 0.762. The number of aromatic nitrogens is 2. The van der Waals surface area contributed by atoms with Crippen LogP contribution in [0.3, 0.4) is 0 Å². The molecule has 0 bridgehead atoms. The number of nitrogens with two attached hydrogens (primary N) is 2. The van der Waals surface area contributed by atoms with Crippen LogP contribution in [0.25, 0.3) is 11.3 Å². The molecule has 118 valence electrons. The van der Waals surface area contributed by atoms with Crippen LogP contribution in [0.15, 0.2) is 60.1 Å². The van der Waals surface area contributed by atoms with Crippen molar-refractivity contribution in [3.8, 4) is 17.0 Å². The van der Waals surface area contributed by atoms with E-state index in [1.54, 1.807) is 7.11 Å². The van der Waals surface area contributed by atoms with Gasteiger partial charge in [0, 0.05) is 17.7 Å². The topological polar surface area (TPSA) is 87.0 Å². The van der Waals surface area contributed by atoms with E-state index in [0.717, 1.165) is 34.0 Å². The van der Waals surface area contributed by atoms with Crippen molar-refractivity contribution in [2.24, 2.45) is 11.5 Å². The standard InChI is InChI=1S/C18H20N4O/c1-12-7-8-18(20,10-14(12)19)17-9-15(21-11-22-17)13-5-3-4-6-16(13)23-2/h3-9,11H,10,19-20H2,1-2H3. The minimum atomic E-state index is -0.719. The van der Waals surface area contributed by atoms with E-state index in [0.29, 0.717) is 6.42 Å². The number of ether oxygens (including phenoxy) is 1. The number of benzene rings is 1. The molecule has 23 heavy (non-hydrogen) atoms. The first-order chi connectivity index (χ1) is 11.0. The number of hydrogen-bond donors (Lipinski definition) is 2. The van der Waals surface area contributed by atoms with Gasteiger partial charge in [0.15, 0.2) is 0 Å². The minimum Gasteiger partial charge on any atom is -0.496 e. The lowest BCUT2D eigenvalue weighted by Crippen LogP contribution is -2.38. The Morgan fingerprint density at radius 2 is 2.00 bits per heavy atom. The molecule has 1 aromatic carbocycles. The molecule has 1 atom stereocenters. The predicted octanol–water partition coefficient (Wildman–Crippen LogP) is 2.50. The summed E-state index contributed by atoms with van der Waals surface area (Å²) in [5.41, 5.74) is 16.1. The summed E-state index contributed by atoms with van der Waals surface area (Å²) in [6.45, 7) is 1.98. The molecule has 0 amide bonds. The molecule has 0 spiro atoms. The van der Waals surface area contributed by atoms with Crippen molar-refractivity contribution in [1.82, 2.24) is 9.97 Å². The van der Waals surface area contributed by atoms with Crippen LogP contribution in [0, 0.1) is 0 Å². The molecular formula is C18H20N4O. The normalized spacial score (nSPS) is 20.7. The summed E-state index contributed by atoms with van der Waals surface area (Å²) in [7, 11) is 1.64. The molecular weight excluding hydrogens is 288 g/mol. The van der Waals surface area contributed by atoms with E-state index in [1.165, 1.54) is 6.33 Å². The molecule has 1 heterocycles. The van der Waals surface area contributed by atoms with Crippen LogP contribution in [0.1, 0.15) is 19.0 Å². The molecule has 2 aromatic rings. The number of hydrogen-bond acceptors (Lipinski definition) is 5. The van der Waals surface area contributed by atoms with E-state index in [4.69, 9.17) is 16.2 Å². The first-order valence-corrected chi connectivity index (χ1v) is 7.43. The van der Waals surface area contributed by atoms with Crippen molar-refractivity contribution in [3.63, 3.8) is 0 Å². The zero-order valence-corrected chi connectivity index (χ0v) is 13.3. The zero-order valence-electron chi connectivity index (χ0n) is 13.3. The van der Waals surface area contributed by atoms with Gasteiger partial charge in [-0.1, -0.05) is 24.3 Å². The van der Waals surface area contributed by atoms with E-state index in [-0.39, 0.29) is 0 Å². The van der Waals surface area contributed by atoms with Crippen LogP contribution in [0.2, 0.25) is 0 Å². The largest absolute Gasteiger partial charge is 0.496 e. The maximum Gasteiger partial charge on any atom is 0.128 e. The van der Waals surface area contributed by atoms with E-state index in [9.17, 15) is 0 Å². The summed E-state index contributed by atoms with van der Waals surface area (Å²) in [4.78, 5) is 8.73. The van der Waals surface area contributed by atoms with Crippen LogP contribution in [0.4, 0.5) is 0 Å². The van der Waals surface area contributed by atoms with E-state index in [2.05, 4.69) is 9.97 Å². The lowest BCUT2D eigenvalue weighted by atomic mass is 9.84. The Morgan fingerprint density at radius 1 is 1.22 bits per heavy atom. The van der Waals surface area contributed by atoms with Gasteiger partial charge < -0.3 is 16.2 Å². The van der Waals surface area contributed by atoms with E-state index in [1.807, 2.05) is 49.4 Å². The first kappa shape index (κ1) is 15.2. The van der Waals surface area contributed by atoms with Gasteiger partial charge in [-0.15, -0.1) is 0 Å². The highest BCUT2D eigenvalue weighted by Crippen LogP contribution is 2.33. The third kappa shape index (κ3) is 2.83. The van der Waals surface area contributed by atoms with Crippen molar-refractivity contribution in [3.05, 3.63) is 65.8 Å². The second-order valence-corrected chi connectivity index (χ2v) is 5.75. The third-order valence-electron chi connectivity index (χ3n) is 4.15. The van der Waals surface area contributed by atoms with Gasteiger partial charge in [-0.05, 0) is 30.7 Å². The molecule has 1 aliphatic carbocycles. The Kier molecular flexibility index (Phi) is 3.88. The molecule has 1 aliphatic rings. The molecule has 3 rings (SSSR count). The second kappa shape index (κ2) is 5.85. The fourth-order valence-electron chi connectivity index (χ4n) is 2.69. The van der Waals surface area contributed by atoms with Crippen LogP contribution in [0.5, 0.6) is 5.75 Å². The Balaban J connectivity index is 2.03. The SMILES string of the molecule is COc1ccccc1-c1cc(C2(N)C=CC(C)=C(N)C2)ncn1. The Labute approximate surface area is 135 Å². The van der Waals surface area contributed by atoms with Gasteiger partial charge in [0.05, 0.1) is 24.0 Å². The van der Waals surface area contributed by atoms with Crippen molar-refractivity contribution >= 4 is 0 Å². The molecule has 0 radical (unpaired) electrons. The van der Waals surface area contributed by atoms with Crippen molar-refractivity contribution in [2.75, 3.05) is 7.11 Å². The summed E-state index contributed by atoms with van der Waals surface area (Å²) < 4.78 is 5.41. The molecule has 0 fully saturated rings. The average Bonchev–Trinajstić information content (AvgIpc) is 2.58. The maximum absolute atomic E-state index is 6.53. The molecule has 0 saturated heterocycles. The molecule has 1 unspecified atom stereocenters. The van der Waals surface area contributed by atoms with Crippen molar-refractivity contribution < 1.29 is 4.74 Å². The van der Waals surface area contributed by atoms with Gasteiger partial charge in [0.1, 0.15) is 12.1 Å². The molecule has 4 N–H and O–H groups in total. The van der Waals surface area contributed by atoms with Crippen LogP contribution >= 0.6 is 0 Å². The highest BCUT2D eigenvalue weighted by molar-refractivity contribution is 5.67. The fourth-order valence-corrected chi connectivity index (χ4v) is 2.69. The Hall–Kier alpha value is -2.66. The van der Waals surface area contributed by atoms with Crippen molar-refractivity contribution in [1.29, 1.82) is 0 Å². The summed E-state index contributed by atoms with van der Waals surface area (Å²) in [6.07, 6.45) is 5.97. The smallest absolute Gasteiger partial charge is 0.128 e. The number of methoxy groups -OCH3 is 1. The van der Waals surface area contributed by atoms with Gasteiger partial charge in [-0.3, -0.25) is 0 Å². The summed E-state index contributed by atoms with van der Waals surface area (Å²) in [6, 6.07) is 9.63. The Bertz CT molecular complexity index is 797. The quantitative estimate of drug-likeness (QED) is 0.909. The number of nitrogens with zero attached hydrogens (tertiary/aromatic N) is 2. The molecule has 1 aromatic heterocycles. The lowest BCUT2D eigenvalue weighted by Gasteiger charge is -2.29. The first-order valence-electron chi connectivity index (χ1n) is 7.43. The zero-order chi connectivity index (χ0) is 16.4. The molecule has 0 saturated carbocycles. The highest BCUT2D eigenvalue weighted by atomic mass is 16.5. The molecule has 5 heteroatoms. The molecule has 5 nitrogen and oxygen atoms in total. The van der Waals surface area contributed by atoms with Crippen LogP contribution in [-0.2, 0) is 5.54 Å². The van der Waals surface area contributed by atoms with Gasteiger partial charge in [-0.2, -0.15) is 0 Å². The number of para-hydroxylation sites is 1. The van der Waals surface area contributed by atoms with Gasteiger partial charge in [0.25, 0.3) is 0 Å². The van der Waals surface area contributed by atoms with Crippen LogP contribution < -0.4 is 16.2 Å². The molecule has 0 aliphatic heterocycles. The van der Waals surface area contributed by atoms with Crippen molar-refractivity contribution in [2.45, 2.75) is 18.9 Å². The van der Waals surface area contributed by atoms with Gasteiger partial charge in [0.2, 0.25) is 0 Å². The minimum absolute atomic E-state index is 0.539. The highest BCUT2D eigenvalue weighted by Gasteiger charge is 2.30. The van der Waals surface area contributed by atoms with E-state index < -0.39 is 5.54 Å². The van der Waals surface area contributed by atoms with Crippen LogP contribution in [-0.4, -0.2) is 17.1 Å². The second-order valence-electron chi connectivity index (χ2n) is 5.75. The summed E-state index contributed by atoms with van der Waals surface area (Å²) >= 11 is 0. The number of rotatable bonds is 3. The fraction of sp³-hybridized carbons (Fsp3) is 0.222. The third-order valence-corrected chi connectivity index (χ3v) is 4.15. The van der Waals surface area contributed by atoms with E-state index >= 15 is 0 Å². The maximum atomic E-state index is 6.53. The van der Waals surface area contributed by atoms with Gasteiger partial charge in [-0.25, -0.2) is 9.97 Å². The van der Waals surface area contributed by atoms with Gasteiger partial charge >= 0.3 is 0 Å². The predicted molar refractivity (Wildman–Crippen MR) is 90.5 cm³/mol. The monoisotopic (exact) mass is 308 g/mol. The number of allylic oxidation sites excluding steroid dienone is 2. The lowest BCUT2D eigenvalue weighted by molar-refractivity contribution is 0.416. The summed E-state index contributed by atoms with van der Waals surface area (Å²) in [5, 5.41) is 0. The average molecular weight is 308 g/mol. The Morgan fingerprint density at radius 3 is 2.74 bits per heavy atom.